The van der Waals surface area contributed by atoms with Crippen molar-refractivity contribution in [1.29, 1.82) is 0 Å². The first-order valence-corrected chi connectivity index (χ1v) is 11.6. The minimum absolute atomic E-state index is 0.0726. The molecular formula is C18H27N5O3S2. The molecule has 0 fully saturated rings. The van der Waals surface area contributed by atoms with Gasteiger partial charge in [0.05, 0.1) is 10.6 Å². The van der Waals surface area contributed by atoms with Gasteiger partial charge in [-0.1, -0.05) is 44.7 Å². The number of sulfonamides is 1. The third-order valence-corrected chi connectivity index (χ3v) is 7.49. The van der Waals surface area contributed by atoms with Crippen LogP contribution in [0.1, 0.15) is 40.2 Å². The van der Waals surface area contributed by atoms with Gasteiger partial charge in [-0.3, -0.25) is 9.36 Å². The average molecular weight is 426 g/mol. The van der Waals surface area contributed by atoms with Gasteiger partial charge in [0.1, 0.15) is 0 Å². The first-order chi connectivity index (χ1) is 13.3. The average Bonchev–Trinajstić information content (AvgIpc) is 3.10. The number of rotatable bonds is 10. The van der Waals surface area contributed by atoms with Crippen LogP contribution in [0, 0.1) is 0 Å². The summed E-state index contributed by atoms with van der Waals surface area (Å²) in [4.78, 5) is 11.4. The number of primary amides is 1. The summed E-state index contributed by atoms with van der Waals surface area (Å²) in [5.41, 5.74) is 5.91. The highest BCUT2D eigenvalue weighted by Gasteiger charge is 2.24. The molecule has 154 valence electrons. The highest BCUT2D eigenvalue weighted by atomic mass is 32.2. The molecule has 1 aromatic heterocycles. The van der Waals surface area contributed by atoms with Gasteiger partial charge in [0, 0.05) is 24.7 Å². The maximum Gasteiger partial charge on any atom is 0.243 e. The summed E-state index contributed by atoms with van der Waals surface area (Å²) < 4.78 is 29.1. The topological polar surface area (TPSA) is 111 Å². The quantitative estimate of drug-likeness (QED) is 0.586. The predicted molar refractivity (Wildman–Crippen MR) is 110 cm³/mol. The molecule has 0 saturated heterocycles. The van der Waals surface area contributed by atoms with E-state index in [2.05, 4.69) is 10.2 Å². The molecule has 1 atom stereocenters. The van der Waals surface area contributed by atoms with Crippen LogP contribution in [0.3, 0.4) is 0 Å². The van der Waals surface area contributed by atoms with E-state index >= 15 is 0 Å². The van der Waals surface area contributed by atoms with Crippen molar-refractivity contribution in [3.63, 3.8) is 0 Å². The molecule has 2 aromatic rings. The predicted octanol–water partition coefficient (Wildman–Crippen LogP) is 2.52. The Bertz CT molecular complexity index is 923. The van der Waals surface area contributed by atoms with Crippen molar-refractivity contribution in [2.75, 3.05) is 18.8 Å². The SMILES string of the molecule is CCC(C)n1c(SCC(N)=O)nnc1-c1cccc(S(=O)(=O)N(CC)CC)c1. The van der Waals surface area contributed by atoms with Gasteiger partial charge in [-0.25, -0.2) is 8.42 Å². The lowest BCUT2D eigenvalue weighted by Crippen LogP contribution is -2.30. The third kappa shape index (κ3) is 4.73. The van der Waals surface area contributed by atoms with Crippen molar-refractivity contribution < 1.29 is 13.2 Å². The van der Waals surface area contributed by atoms with Crippen LogP contribution in [0.25, 0.3) is 11.4 Å². The Hall–Kier alpha value is -1.91. The smallest absolute Gasteiger partial charge is 0.243 e. The summed E-state index contributed by atoms with van der Waals surface area (Å²) in [5, 5.41) is 9.06. The Labute approximate surface area is 170 Å². The second kappa shape index (κ2) is 9.53. The van der Waals surface area contributed by atoms with Gasteiger partial charge < -0.3 is 5.73 Å². The number of nitrogens with two attached hydrogens (primary N) is 1. The first-order valence-electron chi connectivity index (χ1n) is 9.22. The fourth-order valence-electron chi connectivity index (χ4n) is 2.80. The van der Waals surface area contributed by atoms with E-state index in [9.17, 15) is 13.2 Å². The Morgan fingerprint density at radius 3 is 2.50 bits per heavy atom. The lowest BCUT2D eigenvalue weighted by molar-refractivity contribution is -0.115. The van der Waals surface area contributed by atoms with E-state index in [0.717, 1.165) is 6.42 Å². The van der Waals surface area contributed by atoms with Gasteiger partial charge >= 0.3 is 0 Å². The van der Waals surface area contributed by atoms with Crippen molar-refractivity contribution in [2.24, 2.45) is 5.73 Å². The number of nitrogens with zero attached hydrogens (tertiary/aromatic N) is 4. The fourth-order valence-corrected chi connectivity index (χ4v) is 5.08. The van der Waals surface area contributed by atoms with E-state index in [1.807, 2.05) is 38.3 Å². The molecule has 0 aliphatic carbocycles. The summed E-state index contributed by atoms with van der Waals surface area (Å²) in [7, 11) is -3.58. The minimum Gasteiger partial charge on any atom is -0.369 e. The normalized spacial score (nSPS) is 13.0. The number of benzene rings is 1. The summed E-state index contributed by atoms with van der Waals surface area (Å²) in [6, 6.07) is 6.80. The zero-order valence-corrected chi connectivity index (χ0v) is 18.3. The van der Waals surface area contributed by atoms with E-state index in [0.29, 0.717) is 29.6 Å². The fraction of sp³-hybridized carbons (Fsp3) is 0.500. The monoisotopic (exact) mass is 425 g/mol. The van der Waals surface area contributed by atoms with Gasteiger partial charge in [-0.05, 0) is 25.5 Å². The molecular weight excluding hydrogens is 398 g/mol. The molecule has 0 radical (unpaired) electrons. The molecule has 0 aliphatic heterocycles. The van der Waals surface area contributed by atoms with E-state index in [4.69, 9.17) is 5.73 Å². The number of amides is 1. The Morgan fingerprint density at radius 1 is 1.25 bits per heavy atom. The number of hydrogen-bond donors (Lipinski definition) is 1. The highest BCUT2D eigenvalue weighted by Crippen LogP contribution is 2.30. The van der Waals surface area contributed by atoms with Gasteiger partial charge in [-0.15, -0.1) is 10.2 Å². The maximum atomic E-state index is 12.9. The molecule has 0 spiro atoms. The molecule has 1 aromatic carbocycles. The van der Waals surface area contributed by atoms with Gasteiger partial charge in [0.15, 0.2) is 11.0 Å². The zero-order chi connectivity index (χ0) is 20.9. The van der Waals surface area contributed by atoms with Crippen molar-refractivity contribution in [3.05, 3.63) is 24.3 Å². The van der Waals surface area contributed by atoms with Crippen LogP contribution in [0.2, 0.25) is 0 Å². The summed E-state index contributed by atoms with van der Waals surface area (Å²) in [6.07, 6.45) is 0.826. The molecule has 8 nitrogen and oxygen atoms in total. The van der Waals surface area contributed by atoms with E-state index < -0.39 is 15.9 Å². The highest BCUT2D eigenvalue weighted by molar-refractivity contribution is 7.99. The summed E-state index contributed by atoms with van der Waals surface area (Å²) in [6.45, 7) is 8.50. The maximum absolute atomic E-state index is 12.9. The second-order valence-electron chi connectivity index (χ2n) is 6.31. The molecule has 0 aliphatic rings. The molecule has 1 amide bonds. The number of carbonyl (C=O) groups excluding carboxylic acids is 1. The van der Waals surface area contributed by atoms with Crippen LogP contribution in [0.5, 0.6) is 0 Å². The van der Waals surface area contributed by atoms with Crippen LogP contribution in [-0.4, -0.2) is 52.2 Å². The van der Waals surface area contributed by atoms with E-state index in [-0.39, 0.29) is 16.7 Å². The van der Waals surface area contributed by atoms with Gasteiger partial charge in [0.25, 0.3) is 0 Å². The van der Waals surface area contributed by atoms with Crippen LogP contribution in [-0.2, 0) is 14.8 Å². The number of hydrogen-bond acceptors (Lipinski definition) is 6. The van der Waals surface area contributed by atoms with Crippen LogP contribution in [0.15, 0.2) is 34.3 Å². The van der Waals surface area contributed by atoms with Crippen molar-refractivity contribution in [1.82, 2.24) is 19.1 Å². The third-order valence-electron chi connectivity index (χ3n) is 4.48. The van der Waals surface area contributed by atoms with Crippen molar-refractivity contribution in [2.45, 2.75) is 50.2 Å². The molecule has 0 bridgehead atoms. The summed E-state index contributed by atoms with van der Waals surface area (Å²) in [5.74, 6) is 0.237. The van der Waals surface area contributed by atoms with Gasteiger partial charge in [0.2, 0.25) is 15.9 Å². The minimum atomic E-state index is -3.58. The molecule has 2 rings (SSSR count). The molecule has 10 heteroatoms. The Kier molecular flexibility index (Phi) is 7.62. The summed E-state index contributed by atoms with van der Waals surface area (Å²) >= 11 is 1.22. The Balaban J connectivity index is 2.52. The number of aromatic nitrogens is 3. The van der Waals surface area contributed by atoms with Gasteiger partial charge in [-0.2, -0.15) is 4.31 Å². The van der Waals surface area contributed by atoms with E-state index in [1.54, 1.807) is 18.2 Å². The molecule has 0 saturated carbocycles. The van der Waals surface area contributed by atoms with Crippen LogP contribution in [0.4, 0.5) is 0 Å². The van der Waals surface area contributed by atoms with Crippen LogP contribution < -0.4 is 5.73 Å². The van der Waals surface area contributed by atoms with Crippen molar-refractivity contribution >= 4 is 27.7 Å². The molecule has 1 unspecified atom stereocenters. The van der Waals surface area contributed by atoms with Crippen molar-refractivity contribution in [3.8, 4) is 11.4 Å². The van der Waals surface area contributed by atoms with Crippen LogP contribution >= 0.6 is 11.8 Å². The lowest BCUT2D eigenvalue weighted by Gasteiger charge is -2.19. The standard InChI is InChI=1S/C18H27N5O3S2/c1-5-13(4)23-17(20-21-18(23)27-12-16(19)24)14-9-8-10-15(11-14)28(25,26)22(6-2)7-3/h8-11,13H,5-7,12H2,1-4H3,(H2,19,24). The second-order valence-corrected chi connectivity index (χ2v) is 9.19. The number of thioether (sulfide) groups is 1. The zero-order valence-electron chi connectivity index (χ0n) is 16.6. The first kappa shape index (κ1) is 22.4. The van der Waals surface area contributed by atoms with E-state index in [1.165, 1.54) is 16.1 Å². The lowest BCUT2D eigenvalue weighted by atomic mass is 10.2. The largest absolute Gasteiger partial charge is 0.369 e. The molecule has 28 heavy (non-hydrogen) atoms. The molecule has 2 N–H and O–H groups in total. The Morgan fingerprint density at radius 2 is 1.93 bits per heavy atom. The molecule has 1 heterocycles. The number of carbonyl (C=O) groups is 1.